The number of benzene rings is 3. The molecular formula is C27H24ClN3OS. The Balaban J connectivity index is 1.28. The van der Waals surface area contributed by atoms with Gasteiger partial charge < -0.3 is 4.90 Å². The predicted octanol–water partition coefficient (Wildman–Crippen LogP) is 5.72. The molecule has 2 aliphatic rings. The van der Waals surface area contributed by atoms with Crippen LogP contribution in [0.15, 0.2) is 94.8 Å². The number of carbonyl (C=O) groups is 1. The molecule has 0 radical (unpaired) electrons. The number of rotatable bonds is 4. The molecule has 1 saturated heterocycles. The smallest absolute Gasteiger partial charge is 0.286 e. The van der Waals surface area contributed by atoms with E-state index in [0.717, 1.165) is 36.9 Å². The molecule has 0 aliphatic carbocycles. The van der Waals surface area contributed by atoms with Gasteiger partial charge in [0, 0.05) is 31.2 Å². The van der Waals surface area contributed by atoms with Crippen molar-refractivity contribution in [2.45, 2.75) is 6.04 Å². The molecule has 2 aliphatic heterocycles. The highest BCUT2D eigenvalue weighted by molar-refractivity contribution is 8.18. The molecule has 2 heterocycles. The highest BCUT2D eigenvalue weighted by atomic mass is 35.5. The van der Waals surface area contributed by atoms with Gasteiger partial charge in [-0.15, -0.1) is 0 Å². The molecule has 166 valence electrons. The van der Waals surface area contributed by atoms with Gasteiger partial charge in [0.2, 0.25) is 0 Å². The molecule has 1 amide bonds. The normalized spacial score (nSPS) is 18.2. The van der Waals surface area contributed by atoms with Gasteiger partial charge in [-0.2, -0.15) is 4.99 Å². The first kappa shape index (κ1) is 22.0. The van der Waals surface area contributed by atoms with E-state index in [-0.39, 0.29) is 11.9 Å². The molecule has 0 bridgehead atoms. The Bertz CT molecular complexity index is 1130. The van der Waals surface area contributed by atoms with Crippen molar-refractivity contribution in [3.63, 3.8) is 0 Å². The van der Waals surface area contributed by atoms with Crippen molar-refractivity contribution in [2.75, 3.05) is 26.2 Å². The second-order valence-corrected chi connectivity index (χ2v) is 9.55. The largest absolute Gasteiger partial charge is 0.348 e. The summed E-state index contributed by atoms with van der Waals surface area (Å²) in [6, 6.07) is 29.0. The molecule has 4 nitrogen and oxygen atoms in total. The van der Waals surface area contributed by atoms with Crippen LogP contribution in [0.3, 0.4) is 0 Å². The van der Waals surface area contributed by atoms with Crippen LogP contribution < -0.4 is 0 Å². The van der Waals surface area contributed by atoms with Crippen LogP contribution in [0.5, 0.6) is 0 Å². The molecule has 6 heteroatoms. The van der Waals surface area contributed by atoms with Gasteiger partial charge in [-0.1, -0.05) is 84.4 Å². The molecule has 0 aromatic heterocycles. The Morgan fingerprint density at radius 3 is 1.97 bits per heavy atom. The van der Waals surface area contributed by atoms with Gasteiger partial charge in [0.25, 0.3) is 5.91 Å². The lowest BCUT2D eigenvalue weighted by Crippen LogP contribution is -2.49. The number of amides is 1. The standard InChI is InChI=1S/C27H24ClN3OS/c28-23-13-11-20(12-14-23)19-24-26(32)29-27(33-24)31-17-15-30(16-18-31)25(21-7-3-1-4-8-21)22-9-5-2-6-10-22/h1-14,19,25H,15-18H2/b24-19+. The maximum absolute atomic E-state index is 12.5. The van der Waals surface area contributed by atoms with Gasteiger partial charge in [0.1, 0.15) is 0 Å². The second-order valence-electron chi connectivity index (χ2n) is 8.11. The van der Waals surface area contributed by atoms with Crippen LogP contribution in [0, 0.1) is 0 Å². The maximum Gasteiger partial charge on any atom is 0.286 e. The minimum atomic E-state index is -0.168. The fourth-order valence-electron chi connectivity index (χ4n) is 4.30. The average Bonchev–Trinajstić information content (AvgIpc) is 3.22. The Morgan fingerprint density at radius 1 is 0.818 bits per heavy atom. The van der Waals surface area contributed by atoms with Crippen LogP contribution in [0.1, 0.15) is 22.7 Å². The van der Waals surface area contributed by atoms with Crippen molar-refractivity contribution in [2.24, 2.45) is 4.99 Å². The summed E-state index contributed by atoms with van der Waals surface area (Å²) in [5.74, 6) is -0.168. The van der Waals surface area contributed by atoms with Gasteiger partial charge in [0.15, 0.2) is 5.17 Å². The molecule has 3 aromatic carbocycles. The van der Waals surface area contributed by atoms with Crippen LogP contribution in [-0.2, 0) is 4.79 Å². The predicted molar refractivity (Wildman–Crippen MR) is 137 cm³/mol. The topological polar surface area (TPSA) is 35.9 Å². The molecule has 3 aromatic rings. The van der Waals surface area contributed by atoms with E-state index in [2.05, 4.69) is 75.5 Å². The number of piperazine rings is 1. The van der Waals surface area contributed by atoms with Crippen molar-refractivity contribution in [3.8, 4) is 0 Å². The lowest BCUT2D eigenvalue weighted by molar-refractivity contribution is -0.113. The van der Waals surface area contributed by atoms with Crippen molar-refractivity contribution in [1.82, 2.24) is 9.80 Å². The van der Waals surface area contributed by atoms with Crippen LogP contribution in [0.2, 0.25) is 5.02 Å². The Kier molecular flexibility index (Phi) is 6.63. The molecule has 0 saturated carbocycles. The number of halogens is 1. The zero-order valence-corrected chi connectivity index (χ0v) is 19.7. The molecule has 0 spiro atoms. The highest BCUT2D eigenvalue weighted by Gasteiger charge is 2.31. The number of hydrogen-bond acceptors (Lipinski definition) is 4. The highest BCUT2D eigenvalue weighted by Crippen LogP contribution is 2.33. The molecule has 1 fully saturated rings. The SMILES string of the molecule is O=C1N=C(N2CCN(C(c3ccccc3)c3ccccc3)CC2)S/C1=C/c1ccc(Cl)cc1. The van der Waals surface area contributed by atoms with Gasteiger partial charge in [0.05, 0.1) is 10.9 Å². The Morgan fingerprint density at radius 2 is 1.39 bits per heavy atom. The van der Waals surface area contributed by atoms with Gasteiger partial charge in [-0.25, -0.2) is 0 Å². The first-order valence-corrected chi connectivity index (χ1v) is 12.2. The number of nitrogens with zero attached hydrogens (tertiary/aromatic N) is 3. The number of aliphatic imine (C=N–C) groups is 1. The van der Waals surface area contributed by atoms with Crippen molar-refractivity contribution in [3.05, 3.63) is 112 Å². The molecule has 5 rings (SSSR count). The van der Waals surface area contributed by atoms with Crippen molar-refractivity contribution < 1.29 is 4.79 Å². The van der Waals surface area contributed by atoms with Crippen LogP contribution in [0.4, 0.5) is 0 Å². The third kappa shape index (κ3) is 5.06. The van der Waals surface area contributed by atoms with Gasteiger partial charge >= 0.3 is 0 Å². The van der Waals surface area contributed by atoms with E-state index in [4.69, 9.17) is 11.6 Å². The van der Waals surface area contributed by atoms with Gasteiger partial charge in [-0.05, 0) is 46.7 Å². The first-order chi connectivity index (χ1) is 16.2. The van der Waals surface area contributed by atoms with Crippen molar-refractivity contribution >= 4 is 40.5 Å². The summed E-state index contributed by atoms with van der Waals surface area (Å²) in [5.41, 5.74) is 3.55. The summed E-state index contributed by atoms with van der Waals surface area (Å²) in [5, 5.41) is 1.48. The molecular weight excluding hydrogens is 450 g/mol. The van der Waals surface area contributed by atoms with E-state index >= 15 is 0 Å². The van der Waals surface area contributed by atoms with E-state index in [1.165, 1.54) is 22.9 Å². The van der Waals surface area contributed by atoms with Crippen LogP contribution in [0.25, 0.3) is 6.08 Å². The zero-order chi connectivity index (χ0) is 22.6. The monoisotopic (exact) mass is 473 g/mol. The third-order valence-electron chi connectivity index (χ3n) is 5.96. The molecule has 33 heavy (non-hydrogen) atoms. The fourth-order valence-corrected chi connectivity index (χ4v) is 5.39. The molecule has 0 atom stereocenters. The number of carbonyl (C=O) groups excluding carboxylic acids is 1. The summed E-state index contributed by atoms with van der Waals surface area (Å²) >= 11 is 7.43. The Labute approximate surface area is 203 Å². The van der Waals surface area contributed by atoms with Gasteiger partial charge in [-0.3, -0.25) is 9.69 Å². The average molecular weight is 474 g/mol. The quantitative estimate of drug-likeness (QED) is 0.454. The van der Waals surface area contributed by atoms with E-state index < -0.39 is 0 Å². The summed E-state index contributed by atoms with van der Waals surface area (Å²) in [7, 11) is 0. The van der Waals surface area contributed by atoms with Crippen molar-refractivity contribution in [1.29, 1.82) is 0 Å². The number of amidine groups is 1. The minimum absolute atomic E-state index is 0.168. The fraction of sp³-hybridized carbons (Fsp3) is 0.185. The maximum atomic E-state index is 12.5. The summed E-state index contributed by atoms with van der Waals surface area (Å²) < 4.78 is 0. The van der Waals surface area contributed by atoms with Crippen LogP contribution >= 0.6 is 23.4 Å². The summed E-state index contributed by atoms with van der Waals surface area (Å²) in [6.45, 7) is 3.48. The van der Waals surface area contributed by atoms with E-state index in [1.807, 2.05) is 30.3 Å². The summed E-state index contributed by atoms with van der Waals surface area (Å²) in [6.07, 6.45) is 1.89. The van der Waals surface area contributed by atoms with E-state index in [1.54, 1.807) is 0 Å². The van der Waals surface area contributed by atoms with E-state index in [9.17, 15) is 4.79 Å². The Hall–Kier alpha value is -2.86. The third-order valence-corrected chi connectivity index (χ3v) is 7.25. The van der Waals surface area contributed by atoms with E-state index in [0.29, 0.717) is 9.93 Å². The molecule has 0 unspecified atom stereocenters. The van der Waals surface area contributed by atoms with Crippen LogP contribution in [-0.4, -0.2) is 47.1 Å². The number of thioether (sulfide) groups is 1. The minimum Gasteiger partial charge on any atom is -0.348 e. The first-order valence-electron chi connectivity index (χ1n) is 11.0. The number of hydrogen-bond donors (Lipinski definition) is 0. The lowest BCUT2D eigenvalue weighted by atomic mass is 9.96. The molecule has 0 N–H and O–H groups in total. The lowest BCUT2D eigenvalue weighted by Gasteiger charge is -2.40. The second kappa shape index (κ2) is 9.96. The summed E-state index contributed by atoms with van der Waals surface area (Å²) in [4.78, 5) is 22.3. The zero-order valence-electron chi connectivity index (χ0n) is 18.1.